The number of halogens is 3. The van der Waals surface area contributed by atoms with E-state index in [9.17, 15) is 21.6 Å². The first-order chi connectivity index (χ1) is 6.28. The monoisotopic (exact) mass is 234 g/mol. The molecule has 1 aliphatic rings. The first kappa shape index (κ1) is 11.7. The molecular formula is C6H9F3O4S. The molecule has 0 amide bonds. The molecule has 0 aromatic carbocycles. The molecule has 0 aromatic heterocycles. The Balaban J connectivity index is 2.39. The Morgan fingerprint density at radius 2 is 1.93 bits per heavy atom. The lowest BCUT2D eigenvalue weighted by Gasteiger charge is -2.06. The van der Waals surface area contributed by atoms with Crippen molar-refractivity contribution in [3.8, 4) is 0 Å². The number of hydrogen-bond donors (Lipinski definition) is 0. The van der Waals surface area contributed by atoms with Crippen molar-refractivity contribution in [2.75, 3.05) is 6.61 Å². The number of alkyl halides is 3. The molecule has 84 valence electrons. The van der Waals surface area contributed by atoms with Gasteiger partial charge in [0.25, 0.3) is 0 Å². The van der Waals surface area contributed by atoms with E-state index in [0.717, 1.165) is 0 Å². The number of epoxide rings is 1. The van der Waals surface area contributed by atoms with Crippen LogP contribution in [0.5, 0.6) is 0 Å². The van der Waals surface area contributed by atoms with Gasteiger partial charge in [-0.3, -0.25) is 4.18 Å². The second-order valence-corrected chi connectivity index (χ2v) is 4.41. The van der Waals surface area contributed by atoms with Crippen molar-refractivity contribution in [3.63, 3.8) is 0 Å². The predicted octanol–water partition coefficient (Wildman–Crippen LogP) is 1.03. The first-order valence-corrected chi connectivity index (χ1v) is 5.30. The van der Waals surface area contributed by atoms with Crippen LogP contribution in [0.4, 0.5) is 13.2 Å². The molecule has 2 unspecified atom stereocenters. The largest absolute Gasteiger partial charge is 0.523 e. The summed E-state index contributed by atoms with van der Waals surface area (Å²) in [4.78, 5) is 0. The zero-order chi connectivity index (χ0) is 11.0. The van der Waals surface area contributed by atoms with E-state index >= 15 is 0 Å². The SMILES string of the molecule is CCC1OC1COS(=O)(=O)C(F)(F)F. The van der Waals surface area contributed by atoms with Crippen LogP contribution in [0.25, 0.3) is 0 Å². The average Bonchev–Trinajstić information content (AvgIpc) is 2.77. The van der Waals surface area contributed by atoms with Gasteiger partial charge in [-0.15, -0.1) is 0 Å². The van der Waals surface area contributed by atoms with Crippen LogP contribution in [-0.2, 0) is 19.0 Å². The first-order valence-electron chi connectivity index (χ1n) is 3.89. The van der Waals surface area contributed by atoms with Gasteiger partial charge in [-0.2, -0.15) is 21.6 Å². The summed E-state index contributed by atoms with van der Waals surface area (Å²) >= 11 is 0. The Labute approximate surface area is 79.1 Å². The summed E-state index contributed by atoms with van der Waals surface area (Å²) in [5.41, 5.74) is -5.36. The number of hydrogen-bond acceptors (Lipinski definition) is 4. The summed E-state index contributed by atoms with van der Waals surface area (Å²) in [6.45, 7) is 1.21. The minimum Gasteiger partial charge on any atom is -0.367 e. The molecule has 0 aliphatic carbocycles. The highest BCUT2D eigenvalue weighted by Crippen LogP contribution is 2.29. The standard InChI is InChI=1S/C6H9F3O4S/c1-2-4-5(13-4)3-12-14(10,11)6(7,8)9/h4-5H,2-3H2,1H3. The van der Waals surface area contributed by atoms with Crippen molar-refractivity contribution in [1.82, 2.24) is 0 Å². The predicted molar refractivity (Wildman–Crippen MR) is 39.9 cm³/mol. The molecule has 1 rings (SSSR count). The van der Waals surface area contributed by atoms with Crippen LogP contribution in [0.2, 0.25) is 0 Å². The van der Waals surface area contributed by atoms with Gasteiger partial charge in [-0.05, 0) is 6.42 Å². The van der Waals surface area contributed by atoms with Crippen LogP contribution >= 0.6 is 0 Å². The maximum absolute atomic E-state index is 11.7. The van der Waals surface area contributed by atoms with E-state index in [1.807, 2.05) is 0 Å². The van der Waals surface area contributed by atoms with Gasteiger partial charge in [0.15, 0.2) is 0 Å². The van der Waals surface area contributed by atoms with Gasteiger partial charge >= 0.3 is 15.6 Å². The molecule has 0 N–H and O–H groups in total. The molecule has 1 heterocycles. The molecule has 0 spiro atoms. The molecule has 0 bridgehead atoms. The molecular weight excluding hydrogens is 225 g/mol. The molecule has 0 radical (unpaired) electrons. The van der Waals surface area contributed by atoms with Crippen LogP contribution in [0, 0.1) is 0 Å². The summed E-state index contributed by atoms with van der Waals surface area (Å²) in [6, 6.07) is 0. The summed E-state index contributed by atoms with van der Waals surface area (Å²) in [7, 11) is -5.46. The lowest BCUT2D eigenvalue weighted by molar-refractivity contribution is -0.0544. The van der Waals surface area contributed by atoms with Crippen molar-refractivity contribution in [2.24, 2.45) is 0 Å². The molecule has 2 atom stereocenters. The van der Waals surface area contributed by atoms with E-state index in [4.69, 9.17) is 4.74 Å². The summed E-state index contributed by atoms with van der Waals surface area (Å²) in [5.74, 6) is 0. The normalized spacial score (nSPS) is 27.7. The van der Waals surface area contributed by atoms with E-state index in [0.29, 0.717) is 6.42 Å². The van der Waals surface area contributed by atoms with Gasteiger partial charge in [0.2, 0.25) is 0 Å². The summed E-state index contributed by atoms with van der Waals surface area (Å²) in [6.07, 6.45) is -0.0874. The van der Waals surface area contributed by atoms with E-state index in [-0.39, 0.29) is 6.10 Å². The highest BCUT2D eigenvalue weighted by molar-refractivity contribution is 7.87. The fourth-order valence-electron chi connectivity index (χ4n) is 0.908. The Bertz CT molecular complexity index is 297. The Hall–Kier alpha value is -0.340. The van der Waals surface area contributed by atoms with E-state index in [1.165, 1.54) is 0 Å². The van der Waals surface area contributed by atoms with Gasteiger partial charge < -0.3 is 4.74 Å². The fourth-order valence-corrected chi connectivity index (χ4v) is 1.36. The maximum Gasteiger partial charge on any atom is 0.523 e. The minimum absolute atomic E-state index is 0.182. The second kappa shape index (κ2) is 3.67. The Morgan fingerprint density at radius 3 is 2.29 bits per heavy atom. The third-order valence-electron chi connectivity index (χ3n) is 1.76. The number of ether oxygens (including phenoxy) is 1. The van der Waals surface area contributed by atoms with E-state index < -0.39 is 28.3 Å². The molecule has 1 saturated heterocycles. The third-order valence-corrected chi connectivity index (χ3v) is 2.77. The van der Waals surface area contributed by atoms with Crippen molar-refractivity contribution < 1.29 is 30.5 Å². The molecule has 8 heteroatoms. The lowest BCUT2D eigenvalue weighted by Crippen LogP contribution is -2.27. The van der Waals surface area contributed by atoms with Gasteiger partial charge in [0.1, 0.15) is 6.10 Å². The molecule has 0 saturated carbocycles. The third kappa shape index (κ3) is 2.58. The van der Waals surface area contributed by atoms with Crippen molar-refractivity contribution >= 4 is 10.1 Å². The molecule has 1 fully saturated rings. The number of rotatable bonds is 4. The van der Waals surface area contributed by atoms with Crippen LogP contribution in [-0.4, -0.2) is 32.7 Å². The second-order valence-electron chi connectivity index (χ2n) is 2.81. The quantitative estimate of drug-likeness (QED) is 0.414. The molecule has 0 aromatic rings. The summed E-state index contributed by atoms with van der Waals surface area (Å²) < 4.78 is 64.5. The molecule has 14 heavy (non-hydrogen) atoms. The van der Waals surface area contributed by atoms with Gasteiger partial charge in [-0.1, -0.05) is 6.92 Å². The average molecular weight is 234 g/mol. The van der Waals surface area contributed by atoms with Gasteiger partial charge in [-0.25, -0.2) is 0 Å². The van der Waals surface area contributed by atoms with Crippen LogP contribution in [0.15, 0.2) is 0 Å². The fraction of sp³-hybridized carbons (Fsp3) is 1.00. The molecule has 4 nitrogen and oxygen atoms in total. The lowest BCUT2D eigenvalue weighted by atomic mass is 10.3. The topological polar surface area (TPSA) is 55.9 Å². The smallest absolute Gasteiger partial charge is 0.367 e. The molecule has 1 aliphatic heterocycles. The van der Waals surface area contributed by atoms with Crippen molar-refractivity contribution in [2.45, 2.75) is 31.1 Å². The maximum atomic E-state index is 11.7. The van der Waals surface area contributed by atoms with Gasteiger partial charge in [0.05, 0.1) is 12.7 Å². The highest BCUT2D eigenvalue weighted by Gasteiger charge is 2.49. The summed E-state index contributed by atoms with van der Waals surface area (Å²) in [5, 5.41) is 0. The van der Waals surface area contributed by atoms with Crippen LogP contribution in [0.3, 0.4) is 0 Å². The zero-order valence-corrected chi connectivity index (χ0v) is 8.06. The zero-order valence-electron chi connectivity index (χ0n) is 7.24. The van der Waals surface area contributed by atoms with Crippen LogP contribution < -0.4 is 0 Å². The van der Waals surface area contributed by atoms with Crippen molar-refractivity contribution in [3.05, 3.63) is 0 Å². The Morgan fingerprint density at radius 1 is 1.36 bits per heavy atom. The van der Waals surface area contributed by atoms with Crippen molar-refractivity contribution in [1.29, 1.82) is 0 Å². The van der Waals surface area contributed by atoms with Gasteiger partial charge in [0, 0.05) is 0 Å². The van der Waals surface area contributed by atoms with E-state index in [1.54, 1.807) is 6.92 Å². The van der Waals surface area contributed by atoms with E-state index in [2.05, 4.69) is 4.18 Å². The highest BCUT2D eigenvalue weighted by atomic mass is 32.2. The Kier molecular flexibility index (Phi) is 3.07. The van der Waals surface area contributed by atoms with Crippen LogP contribution in [0.1, 0.15) is 13.3 Å². The minimum atomic E-state index is -5.46.